The lowest BCUT2D eigenvalue weighted by Crippen LogP contribution is -2.32. The van der Waals surface area contributed by atoms with Crippen LogP contribution in [0.1, 0.15) is 88.8 Å². The van der Waals surface area contributed by atoms with E-state index in [0.717, 1.165) is 58.7 Å². The molecule has 2 atom stereocenters. The number of methoxy groups -OCH3 is 1. The molecular formula is C33H39N3O5S. The molecule has 0 spiro atoms. The van der Waals surface area contributed by atoms with Gasteiger partial charge < -0.3 is 14.2 Å². The summed E-state index contributed by atoms with van der Waals surface area (Å²) in [6.45, 7) is 11.7. The highest BCUT2D eigenvalue weighted by Crippen LogP contribution is 2.44. The molecule has 1 aliphatic heterocycles. The first-order chi connectivity index (χ1) is 19.9. The predicted molar refractivity (Wildman–Crippen MR) is 166 cm³/mol. The lowest BCUT2D eigenvalue weighted by atomic mass is 9.85. The van der Waals surface area contributed by atoms with Crippen LogP contribution in [-0.2, 0) is 16.1 Å². The number of benzene rings is 1. The summed E-state index contributed by atoms with van der Waals surface area (Å²) >= 11 is 1.57. The quantitative estimate of drug-likeness (QED) is 0.161. The number of hydrogen-bond donors (Lipinski definition) is 0. The summed E-state index contributed by atoms with van der Waals surface area (Å²) in [5.41, 5.74) is 5.54. The number of carbonyl (C=O) groups excluding carboxylic acids is 2. The van der Waals surface area contributed by atoms with Crippen molar-refractivity contribution in [3.8, 4) is 28.4 Å². The molecule has 2 aromatic heterocycles. The number of allylic oxidation sites excluding steroid dienone is 1. The normalized spacial score (nSPS) is 18.4. The van der Waals surface area contributed by atoms with E-state index in [4.69, 9.17) is 24.3 Å². The van der Waals surface area contributed by atoms with Crippen LogP contribution in [0.25, 0.3) is 23.0 Å². The van der Waals surface area contributed by atoms with Crippen LogP contribution in [0.4, 0.5) is 0 Å². The van der Waals surface area contributed by atoms with E-state index in [9.17, 15) is 9.59 Å². The molecule has 0 N–H and O–H groups in total. The van der Waals surface area contributed by atoms with E-state index in [1.165, 1.54) is 0 Å². The number of aromatic nitrogens is 2. The SMILES string of the molecule is COc1cc2c(cc1C=C(C)C)-c1c(c(C(=O)C(C)=NC3CCCC(C(=O)OC(C)(C)C)C3)nn1-c1ccsc1)CO2. The summed E-state index contributed by atoms with van der Waals surface area (Å²) in [5, 5.41) is 8.86. The minimum absolute atomic E-state index is 0.119. The van der Waals surface area contributed by atoms with E-state index in [2.05, 4.69) is 6.08 Å². The number of ether oxygens (including phenoxy) is 3. The number of carbonyl (C=O) groups is 2. The number of fused-ring (bicyclic) bond motifs is 3. The minimum Gasteiger partial charge on any atom is -0.496 e. The van der Waals surface area contributed by atoms with Crippen molar-refractivity contribution in [3.63, 3.8) is 0 Å². The number of hydrogen-bond acceptors (Lipinski definition) is 8. The Morgan fingerprint density at radius 3 is 2.64 bits per heavy atom. The highest BCUT2D eigenvalue weighted by molar-refractivity contribution is 7.08. The van der Waals surface area contributed by atoms with E-state index in [1.807, 2.05) is 68.3 Å². The van der Waals surface area contributed by atoms with Gasteiger partial charge in [0.1, 0.15) is 29.4 Å². The monoisotopic (exact) mass is 589 g/mol. The van der Waals surface area contributed by atoms with Crippen LogP contribution in [0.15, 0.2) is 39.5 Å². The number of esters is 1. The van der Waals surface area contributed by atoms with Crippen LogP contribution < -0.4 is 9.47 Å². The number of nitrogens with zero attached hydrogens (tertiary/aromatic N) is 3. The summed E-state index contributed by atoms with van der Waals surface area (Å²) in [4.78, 5) is 31.5. The van der Waals surface area contributed by atoms with Crippen LogP contribution in [0, 0.1) is 5.92 Å². The van der Waals surface area contributed by atoms with Crippen LogP contribution in [-0.4, -0.2) is 46.0 Å². The Hall–Kier alpha value is -3.72. The molecule has 0 saturated heterocycles. The molecule has 3 heterocycles. The van der Waals surface area contributed by atoms with Gasteiger partial charge in [0, 0.05) is 28.1 Å². The van der Waals surface area contributed by atoms with Crippen molar-refractivity contribution in [1.29, 1.82) is 0 Å². The van der Waals surface area contributed by atoms with E-state index in [1.54, 1.807) is 25.4 Å². The van der Waals surface area contributed by atoms with Crippen molar-refractivity contribution in [2.45, 2.75) is 85.5 Å². The second kappa shape index (κ2) is 11.9. The third-order valence-corrected chi connectivity index (χ3v) is 8.11. The van der Waals surface area contributed by atoms with Crippen LogP contribution in [0.5, 0.6) is 11.5 Å². The molecule has 0 amide bonds. The van der Waals surface area contributed by atoms with Gasteiger partial charge in [0.2, 0.25) is 5.78 Å². The van der Waals surface area contributed by atoms with Gasteiger partial charge in [-0.3, -0.25) is 14.6 Å². The van der Waals surface area contributed by atoms with Crippen molar-refractivity contribution in [3.05, 3.63) is 51.4 Å². The Balaban J connectivity index is 1.51. The fraction of sp³-hybridized carbons (Fsp3) is 0.455. The van der Waals surface area contributed by atoms with E-state index in [-0.39, 0.29) is 30.3 Å². The van der Waals surface area contributed by atoms with Gasteiger partial charge in [-0.1, -0.05) is 18.1 Å². The van der Waals surface area contributed by atoms with Gasteiger partial charge in [-0.25, -0.2) is 4.68 Å². The Labute approximate surface area is 251 Å². The maximum absolute atomic E-state index is 13.9. The molecule has 3 aromatic rings. The van der Waals surface area contributed by atoms with Gasteiger partial charge in [0.05, 0.1) is 36.2 Å². The molecule has 1 fully saturated rings. The lowest BCUT2D eigenvalue weighted by molar-refractivity contribution is -0.161. The van der Waals surface area contributed by atoms with Crippen molar-refractivity contribution in [2.75, 3.05) is 7.11 Å². The summed E-state index contributed by atoms with van der Waals surface area (Å²) < 4.78 is 19.3. The Morgan fingerprint density at radius 1 is 1.19 bits per heavy atom. The molecule has 1 aromatic carbocycles. The molecule has 2 aliphatic rings. The first-order valence-corrected chi connectivity index (χ1v) is 15.4. The largest absolute Gasteiger partial charge is 0.496 e. The number of Topliss-reactive ketones (excluding diaryl/α,β-unsaturated/α-hetero) is 1. The molecule has 0 bridgehead atoms. The molecule has 222 valence electrons. The zero-order valence-corrected chi connectivity index (χ0v) is 26.3. The third kappa shape index (κ3) is 6.21. The smallest absolute Gasteiger partial charge is 0.309 e. The van der Waals surface area contributed by atoms with Crippen LogP contribution in [0.3, 0.4) is 0 Å². The van der Waals surface area contributed by atoms with Crippen LogP contribution in [0.2, 0.25) is 0 Å². The third-order valence-electron chi connectivity index (χ3n) is 7.44. The number of ketones is 1. The van der Waals surface area contributed by atoms with Crippen molar-refractivity contribution >= 4 is 34.9 Å². The van der Waals surface area contributed by atoms with Gasteiger partial charge in [-0.2, -0.15) is 16.4 Å². The predicted octanol–water partition coefficient (Wildman–Crippen LogP) is 7.47. The Kier molecular flexibility index (Phi) is 8.42. The first-order valence-electron chi connectivity index (χ1n) is 14.4. The van der Waals surface area contributed by atoms with E-state index >= 15 is 0 Å². The van der Waals surface area contributed by atoms with E-state index in [0.29, 0.717) is 23.6 Å². The number of aliphatic imine (C=N–C) groups is 1. The second-order valence-corrected chi connectivity index (χ2v) is 13.0. The molecule has 42 heavy (non-hydrogen) atoms. The summed E-state index contributed by atoms with van der Waals surface area (Å²) in [6, 6.07) is 5.81. The minimum atomic E-state index is -0.530. The molecule has 2 unspecified atom stereocenters. The van der Waals surface area contributed by atoms with Gasteiger partial charge in [0.25, 0.3) is 0 Å². The standard InChI is InChI=1S/C33H39N3O5S/c1-19(2)13-22-15-25-28(16-27(22)39-7)40-17-26-29(35-36(30(25)26)24-11-12-42-18-24)31(37)20(3)34-23-10-8-9-21(14-23)32(38)41-33(4,5)6/h11-13,15-16,18,21,23H,8-10,14,17H2,1-7H3. The zero-order chi connectivity index (χ0) is 30.2. The van der Waals surface area contributed by atoms with Gasteiger partial charge in [-0.15, -0.1) is 0 Å². The molecule has 5 rings (SSSR count). The first kappa shape index (κ1) is 29.8. The maximum Gasteiger partial charge on any atom is 0.309 e. The van der Waals surface area contributed by atoms with Crippen molar-refractivity contribution in [2.24, 2.45) is 10.9 Å². The van der Waals surface area contributed by atoms with Gasteiger partial charge in [-0.05, 0) is 78.3 Å². The lowest BCUT2D eigenvalue weighted by Gasteiger charge is -2.29. The molecule has 8 nitrogen and oxygen atoms in total. The van der Waals surface area contributed by atoms with Crippen molar-refractivity contribution < 1.29 is 23.8 Å². The second-order valence-electron chi connectivity index (χ2n) is 12.3. The fourth-order valence-corrected chi connectivity index (χ4v) is 6.24. The fourth-order valence-electron chi connectivity index (χ4n) is 5.63. The molecule has 1 aliphatic carbocycles. The average molecular weight is 590 g/mol. The molecule has 9 heteroatoms. The van der Waals surface area contributed by atoms with Gasteiger partial charge in [0.15, 0.2) is 0 Å². The summed E-state index contributed by atoms with van der Waals surface area (Å²) in [7, 11) is 1.65. The molecule has 0 radical (unpaired) electrons. The number of thiophene rings is 1. The zero-order valence-electron chi connectivity index (χ0n) is 25.4. The topological polar surface area (TPSA) is 92.0 Å². The van der Waals surface area contributed by atoms with E-state index < -0.39 is 5.60 Å². The summed E-state index contributed by atoms with van der Waals surface area (Å²) in [6.07, 6.45) is 5.12. The summed E-state index contributed by atoms with van der Waals surface area (Å²) in [5.74, 6) is 0.773. The Bertz CT molecular complexity index is 1550. The van der Waals surface area contributed by atoms with Gasteiger partial charge >= 0.3 is 5.97 Å². The average Bonchev–Trinajstić information content (AvgIpc) is 3.59. The maximum atomic E-state index is 13.9. The van der Waals surface area contributed by atoms with Crippen LogP contribution >= 0.6 is 11.3 Å². The molecular weight excluding hydrogens is 550 g/mol. The Morgan fingerprint density at radius 2 is 1.98 bits per heavy atom. The highest BCUT2D eigenvalue weighted by atomic mass is 32.1. The molecule has 1 saturated carbocycles. The number of rotatable bonds is 7. The highest BCUT2D eigenvalue weighted by Gasteiger charge is 2.34. The van der Waals surface area contributed by atoms with Crippen molar-refractivity contribution in [1.82, 2.24) is 9.78 Å².